The molecule has 0 spiro atoms. The van der Waals surface area contributed by atoms with E-state index in [0.717, 1.165) is 68.4 Å². The zero-order valence-electron chi connectivity index (χ0n) is 6.81. The van der Waals surface area contributed by atoms with E-state index in [1.54, 1.807) is 0 Å². The summed E-state index contributed by atoms with van der Waals surface area (Å²) in [5.41, 5.74) is 0. The SMILES string of the molecule is [SiH2]1[SiH2][SiH2][SiH]([SiH]2[SiH2][SiH2][SiH2]2)[SiH2][SiH2]1. The van der Waals surface area contributed by atoms with Gasteiger partial charge in [0.25, 0.3) is 0 Å². The highest BCUT2D eigenvalue weighted by Gasteiger charge is 2.31. The Balaban J connectivity index is 1.78. The molecule has 0 amide bonds. The van der Waals surface area contributed by atoms with Crippen molar-refractivity contribution in [1.82, 2.24) is 0 Å². The fraction of sp³-hybridized carbons (Fsp3) is 0. The van der Waals surface area contributed by atoms with Crippen molar-refractivity contribution in [3.05, 3.63) is 0 Å². The van der Waals surface area contributed by atoms with E-state index in [-0.39, 0.29) is 0 Å². The van der Waals surface area contributed by atoms with Crippen molar-refractivity contribution < 1.29 is 0 Å². The second-order valence-electron chi connectivity index (χ2n) is 4.09. The molecular weight excluding hydrogens is 281 g/mol. The van der Waals surface area contributed by atoms with Gasteiger partial charge >= 0.3 is 0 Å². The van der Waals surface area contributed by atoms with E-state index >= 15 is 0 Å². The molecule has 0 bridgehead atoms. The van der Waals surface area contributed by atoms with E-state index in [4.69, 9.17) is 0 Å². The van der Waals surface area contributed by atoms with Crippen LogP contribution in [-0.4, -0.2) is 83.1 Å². The third-order valence-electron chi connectivity index (χ3n) is 3.47. The van der Waals surface area contributed by atoms with Crippen LogP contribution in [0.4, 0.5) is 0 Å². The van der Waals surface area contributed by atoms with Crippen LogP contribution in [-0.2, 0) is 0 Å². The molecule has 0 aromatic heterocycles. The van der Waals surface area contributed by atoms with E-state index in [0.29, 0.717) is 14.7 Å². The second kappa shape index (κ2) is 4.42. The molecule has 2 rings (SSSR count). The Labute approximate surface area is 82.6 Å². The first-order valence-electron chi connectivity index (χ1n) is 4.97. The summed E-state index contributed by atoms with van der Waals surface area (Å²) in [5, 5.41) is 0. The molecule has 0 nitrogen and oxygen atoms in total. The lowest BCUT2D eigenvalue weighted by molar-refractivity contribution is 3.44. The Morgan fingerprint density at radius 2 is 1.00 bits per heavy atom. The van der Waals surface area contributed by atoms with Gasteiger partial charge in [0.05, 0.1) is 0 Å². The summed E-state index contributed by atoms with van der Waals surface area (Å²) >= 11 is 0. The van der Waals surface area contributed by atoms with Crippen molar-refractivity contribution in [2.24, 2.45) is 0 Å². The average molecular weight is 299 g/mol. The van der Waals surface area contributed by atoms with Crippen molar-refractivity contribution in [2.45, 2.75) is 0 Å². The van der Waals surface area contributed by atoms with Crippen molar-refractivity contribution in [1.29, 1.82) is 0 Å². The maximum absolute atomic E-state index is 1.00. The van der Waals surface area contributed by atoms with Crippen molar-refractivity contribution in [3.63, 3.8) is 0 Å². The molecule has 0 aromatic rings. The van der Waals surface area contributed by atoms with Crippen LogP contribution in [0.5, 0.6) is 0 Å². The zero-order chi connectivity index (χ0) is 6.81. The van der Waals surface area contributed by atoms with Crippen LogP contribution < -0.4 is 0 Å². The molecule has 58 valence electrons. The lowest BCUT2D eigenvalue weighted by Gasteiger charge is -2.32. The van der Waals surface area contributed by atoms with Crippen LogP contribution in [0.25, 0.3) is 0 Å². The van der Waals surface area contributed by atoms with Gasteiger partial charge in [0.15, 0.2) is 0 Å². The van der Waals surface area contributed by atoms with Gasteiger partial charge in [-0.2, -0.15) is 0 Å². The minimum absolute atomic E-state index is 0.600. The number of hydrogen-bond donors (Lipinski definition) is 0. The molecule has 2 saturated heterocycles. The molecule has 2 aliphatic rings. The van der Waals surface area contributed by atoms with E-state index in [1.807, 2.05) is 0 Å². The second-order valence-corrected chi connectivity index (χ2v) is 110. The Bertz CT molecular complexity index is 96.6. The third kappa shape index (κ3) is 2.10. The molecular formula is H18Si10. The molecule has 0 unspecified atom stereocenters. The van der Waals surface area contributed by atoms with Gasteiger partial charge in [-0.3, -0.25) is 0 Å². The van der Waals surface area contributed by atoms with Crippen molar-refractivity contribution >= 4 is 83.1 Å². The zero-order valence-corrected chi connectivity index (χ0v) is 20.4. The predicted molar refractivity (Wildman–Crippen MR) is 82.6 cm³/mol. The highest BCUT2D eigenvalue weighted by atomic mass is 30.4. The number of rotatable bonds is 1. The van der Waals surface area contributed by atoms with Crippen LogP contribution in [0.2, 0.25) is 0 Å². The molecule has 2 fully saturated rings. The van der Waals surface area contributed by atoms with Gasteiger partial charge in [-0.25, -0.2) is 0 Å². The van der Waals surface area contributed by atoms with Crippen LogP contribution in [0.3, 0.4) is 0 Å². The van der Waals surface area contributed by atoms with Crippen molar-refractivity contribution in [2.75, 3.05) is 0 Å². The van der Waals surface area contributed by atoms with Gasteiger partial charge in [0, 0.05) is 0 Å². The Hall–Kier alpha value is 2.17. The Morgan fingerprint density at radius 3 is 1.40 bits per heavy atom. The van der Waals surface area contributed by atoms with Gasteiger partial charge in [0.2, 0.25) is 0 Å². The molecule has 0 radical (unpaired) electrons. The van der Waals surface area contributed by atoms with E-state index in [9.17, 15) is 0 Å². The molecule has 0 atom stereocenters. The summed E-state index contributed by atoms with van der Waals surface area (Å²) in [6.07, 6.45) is 0. The smallest absolute Gasteiger partial charge is 0.00647 e. The topological polar surface area (TPSA) is 0 Å². The first kappa shape index (κ1) is 8.75. The molecule has 0 aromatic carbocycles. The molecule has 0 N–H and O–H groups in total. The van der Waals surface area contributed by atoms with Gasteiger partial charge in [0.1, 0.15) is 0 Å². The van der Waals surface area contributed by atoms with Crippen LogP contribution in [0.15, 0.2) is 0 Å². The fourth-order valence-electron chi connectivity index (χ4n) is 2.52. The Kier molecular flexibility index (Phi) is 3.87. The van der Waals surface area contributed by atoms with Gasteiger partial charge in [-0.15, -0.1) is 0 Å². The lowest BCUT2D eigenvalue weighted by Crippen LogP contribution is -2.69. The van der Waals surface area contributed by atoms with Crippen LogP contribution in [0.1, 0.15) is 0 Å². The Morgan fingerprint density at radius 1 is 0.500 bits per heavy atom. The highest BCUT2D eigenvalue weighted by Crippen LogP contribution is 1.94. The summed E-state index contributed by atoms with van der Waals surface area (Å²) in [6.45, 7) is 0. The first-order valence-corrected chi connectivity index (χ1v) is 44.7. The molecule has 0 aliphatic carbocycles. The quantitative estimate of drug-likeness (QED) is 0.422. The largest absolute Gasteiger partial charge is 0.00934 e. The summed E-state index contributed by atoms with van der Waals surface area (Å²) in [7, 11) is 9.11. The summed E-state index contributed by atoms with van der Waals surface area (Å²) in [4.78, 5) is 0. The molecule has 2 heterocycles. The first-order chi connectivity index (χ1) is 4.97. The molecule has 10 heteroatoms. The maximum atomic E-state index is 1.00. The maximum Gasteiger partial charge on any atom is -0.00647 e. The predicted octanol–water partition coefficient (Wildman–Crippen LogP) is -8.63. The minimum Gasteiger partial charge on any atom is -0.00934 e. The number of hydrogen-bond acceptors (Lipinski definition) is 0. The monoisotopic (exact) mass is 298 g/mol. The van der Waals surface area contributed by atoms with Crippen LogP contribution in [0, 0.1) is 0 Å². The summed E-state index contributed by atoms with van der Waals surface area (Å²) in [6, 6.07) is 0. The lowest BCUT2D eigenvalue weighted by atomic mass is 25.8. The molecule has 10 heavy (non-hydrogen) atoms. The van der Waals surface area contributed by atoms with Crippen LogP contribution >= 0.6 is 0 Å². The van der Waals surface area contributed by atoms with Gasteiger partial charge in [-0.1, -0.05) is 0 Å². The molecule has 2 aliphatic heterocycles. The fourth-order valence-corrected chi connectivity index (χ4v) is 579. The highest BCUT2D eigenvalue weighted by molar-refractivity contribution is 8.07. The van der Waals surface area contributed by atoms with Gasteiger partial charge < -0.3 is 0 Å². The van der Waals surface area contributed by atoms with Gasteiger partial charge in [-0.05, 0) is 83.1 Å². The van der Waals surface area contributed by atoms with E-state index in [1.165, 1.54) is 0 Å². The third-order valence-corrected chi connectivity index (χ3v) is 281. The molecule has 0 saturated carbocycles. The normalized spacial score (nSPS) is 60.0. The summed E-state index contributed by atoms with van der Waals surface area (Å²) in [5.74, 6) is 0. The summed E-state index contributed by atoms with van der Waals surface area (Å²) < 4.78 is 0. The van der Waals surface area contributed by atoms with E-state index < -0.39 is 0 Å². The van der Waals surface area contributed by atoms with Crippen molar-refractivity contribution in [3.8, 4) is 0 Å². The minimum atomic E-state index is 0.600. The van der Waals surface area contributed by atoms with E-state index in [2.05, 4.69) is 0 Å². The average Bonchev–Trinajstić information content (AvgIpc) is 1.86. The standard InChI is InChI=1S/H18Si10/c1-2-5-9(6-3-1)10-7-4-8-10/h9-10H,1-8H2.